The Kier molecular flexibility index (Phi) is 1.80. The fraction of sp³-hybridized carbons (Fsp3) is 0. The first-order chi connectivity index (χ1) is 5.90. The number of thiophene rings is 1. The van der Waals surface area contributed by atoms with Crippen LogP contribution in [-0.2, 0) is 0 Å². The van der Waals surface area contributed by atoms with Gasteiger partial charge in [0.1, 0.15) is 5.76 Å². The first-order valence-electron chi connectivity index (χ1n) is 3.48. The first-order valence-corrected chi connectivity index (χ1v) is 4.36. The van der Waals surface area contributed by atoms with Gasteiger partial charge >= 0.3 is 0 Å². The number of furan rings is 1. The normalized spacial score (nSPS) is 10.0. The van der Waals surface area contributed by atoms with E-state index in [1.54, 1.807) is 6.26 Å². The number of carbonyl (C=O) groups is 1. The molecular weight excluding hydrogens is 172 g/mol. The number of rotatable bonds is 2. The molecule has 3 heteroatoms. The second-order valence-electron chi connectivity index (χ2n) is 2.34. The quantitative estimate of drug-likeness (QED) is 0.662. The van der Waals surface area contributed by atoms with Crippen molar-refractivity contribution in [3.8, 4) is 10.6 Å². The molecule has 2 aromatic heterocycles. The van der Waals surface area contributed by atoms with Crippen LogP contribution in [0.4, 0.5) is 0 Å². The Morgan fingerprint density at radius 3 is 3.00 bits per heavy atom. The predicted octanol–water partition coefficient (Wildman–Crippen LogP) is 2.82. The fourth-order valence-electron chi connectivity index (χ4n) is 0.961. The zero-order chi connectivity index (χ0) is 8.39. The van der Waals surface area contributed by atoms with Crippen LogP contribution < -0.4 is 0 Å². The number of hydrogen-bond donors (Lipinski definition) is 0. The van der Waals surface area contributed by atoms with Crippen molar-refractivity contribution in [2.45, 2.75) is 0 Å². The lowest BCUT2D eigenvalue weighted by Crippen LogP contribution is -1.68. The molecule has 0 amide bonds. The lowest BCUT2D eigenvalue weighted by Gasteiger charge is -1.85. The van der Waals surface area contributed by atoms with E-state index in [4.69, 9.17) is 4.42 Å². The van der Waals surface area contributed by atoms with E-state index in [0.29, 0.717) is 5.56 Å². The maximum atomic E-state index is 10.4. The third kappa shape index (κ3) is 1.19. The molecule has 0 aliphatic rings. The first kappa shape index (κ1) is 7.31. The second-order valence-corrected chi connectivity index (χ2v) is 3.25. The van der Waals surface area contributed by atoms with Gasteiger partial charge in [0.25, 0.3) is 0 Å². The van der Waals surface area contributed by atoms with Gasteiger partial charge in [0.2, 0.25) is 0 Å². The van der Waals surface area contributed by atoms with E-state index >= 15 is 0 Å². The van der Waals surface area contributed by atoms with Gasteiger partial charge in [-0.1, -0.05) is 0 Å². The zero-order valence-electron chi connectivity index (χ0n) is 6.19. The Balaban J connectivity index is 2.41. The minimum Gasteiger partial charge on any atom is -0.464 e. The summed E-state index contributed by atoms with van der Waals surface area (Å²) in [5.41, 5.74) is 0.700. The minimum atomic E-state index is 0.700. The summed E-state index contributed by atoms with van der Waals surface area (Å²) in [6, 6.07) is 5.52. The van der Waals surface area contributed by atoms with E-state index in [9.17, 15) is 4.79 Å². The van der Waals surface area contributed by atoms with Crippen molar-refractivity contribution in [3.05, 3.63) is 35.4 Å². The third-order valence-electron chi connectivity index (χ3n) is 1.52. The van der Waals surface area contributed by atoms with Gasteiger partial charge in [0.15, 0.2) is 6.29 Å². The Bertz CT molecular complexity index is 373. The molecule has 0 aliphatic heterocycles. The Morgan fingerprint density at radius 2 is 2.42 bits per heavy atom. The molecule has 0 spiro atoms. The van der Waals surface area contributed by atoms with Crippen molar-refractivity contribution in [2.75, 3.05) is 0 Å². The van der Waals surface area contributed by atoms with Crippen LogP contribution >= 0.6 is 11.3 Å². The fourth-order valence-corrected chi connectivity index (χ4v) is 1.78. The number of aldehydes is 1. The highest BCUT2D eigenvalue weighted by molar-refractivity contribution is 7.13. The molecule has 2 rings (SSSR count). The summed E-state index contributed by atoms with van der Waals surface area (Å²) in [4.78, 5) is 11.4. The average molecular weight is 178 g/mol. The summed E-state index contributed by atoms with van der Waals surface area (Å²) >= 11 is 1.51. The summed E-state index contributed by atoms with van der Waals surface area (Å²) in [7, 11) is 0. The topological polar surface area (TPSA) is 30.2 Å². The zero-order valence-corrected chi connectivity index (χ0v) is 7.01. The summed E-state index contributed by atoms with van der Waals surface area (Å²) < 4.78 is 5.17. The van der Waals surface area contributed by atoms with Crippen LogP contribution in [0.5, 0.6) is 0 Å². The van der Waals surface area contributed by atoms with Crippen LogP contribution in [0.25, 0.3) is 10.6 Å². The maximum Gasteiger partial charge on any atom is 0.150 e. The van der Waals surface area contributed by atoms with Gasteiger partial charge in [0.05, 0.1) is 11.1 Å². The third-order valence-corrected chi connectivity index (χ3v) is 2.48. The van der Waals surface area contributed by atoms with Crippen molar-refractivity contribution >= 4 is 17.6 Å². The van der Waals surface area contributed by atoms with E-state index < -0.39 is 0 Å². The van der Waals surface area contributed by atoms with E-state index in [0.717, 1.165) is 16.9 Å². The Morgan fingerprint density at radius 1 is 1.50 bits per heavy atom. The van der Waals surface area contributed by atoms with E-state index in [1.165, 1.54) is 11.3 Å². The molecule has 2 aromatic rings. The molecule has 0 atom stereocenters. The van der Waals surface area contributed by atoms with Gasteiger partial charge in [-0.2, -0.15) is 0 Å². The molecule has 2 nitrogen and oxygen atoms in total. The molecule has 0 radical (unpaired) electrons. The number of carbonyl (C=O) groups excluding carboxylic acids is 1. The summed E-state index contributed by atoms with van der Waals surface area (Å²) in [5, 5.41) is 1.81. The van der Waals surface area contributed by atoms with Crippen LogP contribution in [0, 0.1) is 0 Å². The van der Waals surface area contributed by atoms with Gasteiger partial charge in [0, 0.05) is 10.9 Å². The molecule has 0 unspecified atom stereocenters. The second kappa shape index (κ2) is 2.95. The van der Waals surface area contributed by atoms with Crippen LogP contribution in [0.2, 0.25) is 0 Å². The van der Waals surface area contributed by atoms with Crippen molar-refractivity contribution in [1.29, 1.82) is 0 Å². The molecule has 12 heavy (non-hydrogen) atoms. The molecular formula is C9H6O2S. The molecule has 0 N–H and O–H groups in total. The molecule has 0 aromatic carbocycles. The summed E-state index contributed by atoms with van der Waals surface area (Å²) in [6.45, 7) is 0. The highest BCUT2D eigenvalue weighted by atomic mass is 32.1. The van der Waals surface area contributed by atoms with Crippen molar-refractivity contribution < 1.29 is 9.21 Å². The molecule has 0 fully saturated rings. The lowest BCUT2D eigenvalue weighted by atomic mass is 10.3. The van der Waals surface area contributed by atoms with Crippen LogP contribution in [0.3, 0.4) is 0 Å². The van der Waals surface area contributed by atoms with E-state index in [-0.39, 0.29) is 0 Å². The van der Waals surface area contributed by atoms with Crippen LogP contribution in [-0.4, -0.2) is 6.29 Å². The van der Waals surface area contributed by atoms with Gasteiger partial charge in [-0.25, -0.2) is 0 Å². The SMILES string of the molecule is O=Cc1csc(-c2ccco2)c1. The van der Waals surface area contributed by atoms with Crippen molar-refractivity contribution in [2.24, 2.45) is 0 Å². The van der Waals surface area contributed by atoms with Gasteiger partial charge in [-0.05, 0) is 18.2 Å². The van der Waals surface area contributed by atoms with Gasteiger partial charge in [-0.15, -0.1) is 11.3 Å². The van der Waals surface area contributed by atoms with E-state index in [2.05, 4.69) is 0 Å². The smallest absolute Gasteiger partial charge is 0.150 e. The standard InChI is InChI=1S/C9H6O2S/c10-5-7-4-9(12-6-7)8-2-1-3-11-8/h1-6H. The summed E-state index contributed by atoms with van der Waals surface area (Å²) in [6.07, 6.45) is 2.46. The molecule has 2 heterocycles. The highest BCUT2D eigenvalue weighted by Gasteiger charge is 2.03. The van der Waals surface area contributed by atoms with E-state index in [1.807, 2.05) is 23.6 Å². The lowest BCUT2D eigenvalue weighted by molar-refractivity contribution is 0.112. The largest absolute Gasteiger partial charge is 0.464 e. The molecule has 60 valence electrons. The Hall–Kier alpha value is -1.35. The maximum absolute atomic E-state index is 10.4. The monoisotopic (exact) mass is 178 g/mol. The van der Waals surface area contributed by atoms with Crippen LogP contribution in [0.15, 0.2) is 34.3 Å². The van der Waals surface area contributed by atoms with Crippen LogP contribution in [0.1, 0.15) is 10.4 Å². The predicted molar refractivity (Wildman–Crippen MR) is 47.4 cm³/mol. The average Bonchev–Trinajstić information content (AvgIpc) is 2.75. The number of hydrogen-bond acceptors (Lipinski definition) is 3. The molecule has 0 bridgehead atoms. The van der Waals surface area contributed by atoms with Gasteiger partial charge < -0.3 is 4.42 Å². The minimum absolute atomic E-state index is 0.700. The molecule has 0 saturated carbocycles. The van der Waals surface area contributed by atoms with Crippen molar-refractivity contribution in [1.82, 2.24) is 0 Å². The molecule has 0 aliphatic carbocycles. The van der Waals surface area contributed by atoms with Crippen molar-refractivity contribution in [3.63, 3.8) is 0 Å². The molecule has 0 saturated heterocycles. The highest BCUT2D eigenvalue weighted by Crippen LogP contribution is 2.26. The van der Waals surface area contributed by atoms with Gasteiger partial charge in [-0.3, -0.25) is 4.79 Å². The summed E-state index contributed by atoms with van der Waals surface area (Å²) in [5.74, 6) is 0.813. The Labute approximate surface area is 73.4 Å².